The molecule has 3 aliphatic carbocycles. The molecule has 5 atom stereocenters. The van der Waals surface area contributed by atoms with E-state index in [1.807, 2.05) is 0 Å². The van der Waals surface area contributed by atoms with E-state index in [4.69, 9.17) is 9.84 Å². The quantitative estimate of drug-likeness (QED) is 0.411. The molecule has 0 heterocycles. The van der Waals surface area contributed by atoms with Crippen LogP contribution in [0, 0.1) is 28.1 Å². The second kappa shape index (κ2) is 7.10. The lowest BCUT2D eigenvalue weighted by Gasteiger charge is -2.59. The number of allylic oxidation sites excluding steroid dienone is 3. The average Bonchev–Trinajstić information content (AvgIpc) is 2.59. The summed E-state index contributed by atoms with van der Waals surface area (Å²) in [6.45, 7) is 11.4. The van der Waals surface area contributed by atoms with Gasteiger partial charge in [-0.1, -0.05) is 44.9 Å². The van der Waals surface area contributed by atoms with Gasteiger partial charge in [-0.25, -0.2) is 0 Å². The summed E-state index contributed by atoms with van der Waals surface area (Å²) in [5.74, 6) is -0.671. The summed E-state index contributed by atoms with van der Waals surface area (Å²) < 4.78 is 5.42. The van der Waals surface area contributed by atoms with Crippen molar-refractivity contribution in [3.8, 4) is 0 Å². The number of carbonyl (C=O) groups excluding carboxylic acids is 1. The minimum absolute atomic E-state index is 0.0810. The van der Waals surface area contributed by atoms with Crippen molar-refractivity contribution < 1.29 is 19.4 Å². The average molecular weight is 375 g/mol. The number of hydrogen-bond acceptors (Lipinski definition) is 3. The normalized spacial score (nSPS) is 40.9. The maximum absolute atomic E-state index is 11.8. The van der Waals surface area contributed by atoms with Gasteiger partial charge in [0.05, 0.1) is 6.61 Å². The lowest BCUT2D eigenvalue weighted by molar-refractivity contribution is -0.159. The third kappa shape index (κ3) is 3.72. The highest BCUT2D eigenvalue weighted by molar-refractivity contribution is 5.90. The summed E-state index contributed by atoms with van der Waals surface area (Å²) >= 11 is 0. The van der Waals surface area contributed by atoms with Crippen molar-refractivity contribution in [2.75, 3.05) is 6.61 Å². The van der Waals surface area contributed by atoms with E-state index in [0.29, 0.717) is 18.4 Å². The van der Waals surface area contributed by atoms with Gasteiger partial charge in [0.1, 0.15) is 6.42 Å². The molecule has 27 heavy (non-hydrogen) atoms. The molecule has 2 saturated carbocycles. The molecule has 1 N–H and O–H groups in total. The number of carbonyl (C=O) groups is 2. The minimum atomic E-state index is -1.13. The Hall–Kier alpha value is -1.58. The van der Waals surface area contributed by atoms with Crippen LogP contribution in [-0.4, -0.2) is 23.7 Å². The predicted octanol–water partition coefficient (Wildman–Crippen LogP) is 5.14. The Bertz CT molecular complexity index is 665. The van der Waals surface area contributed by atoms with Crippen molar-refractivity contribution in [1.82, 2.24) is 0 Å². The molecule has 0 spiro atoms. The lowest BCUT2D eigenvalue weighted by atomic mass is 9.45. The summed E-state index contributed by atoms with van der Waals surface area (Å²) in [4.78, 5) is 22.5. The van der Waals surface area contributed by atoms with Crippen molar-refractivity contribution in [3.63, 3.8) is 0 Å². The molecule has 4 heteroatoms. The van der Waals surface area contributed by atoms with Gasteiger partial charge >= 0.3 is 11.9 Å². The highest BCUT2D eigenvalue weighted by Crippen LogP contribution is 2.63. The van der Waals surface area contributed by atoms with Gasteiger partial charge in [-0.15, -0.1) is 6.58 Å². The van der Waals surface area contributed by atoms with Gasteiger partial charge in [0, 0.05) is 5.41 Å². The largest absolute Gasteiger partial charge is 0.481 e. The van der Waals surface area contributed by atoms with Crippen LogP contribution in [0.4, 0.5) is 0 Å². The smallest absolute Gasteiger partial charge is 0.317 e. The maximum Gasteiger partial charge on any atom is 0.317 e. The molecule has 3 aliphatic rings. The lowest BCUT2D eigenvalue weighted by Crippen LogP contribution is -2.52. The van der Waals surface area contributed by atoms with Crippen LogP contribution >= 0.6 is 0 Å². The maximum atomic E-state index is 11.8. The number of aliphatic carboxylic acids is 1. The van der Waals surface area contributed by atoms with Crippen LogP contribution in [-0.2, 0) is 14.3 Å². The molecule has 0 aromatic heterocycles. The summed E-state index contributed by atoms with van der Waals surface area (Å²) in [5, 5.41) is 8.79. The number of hydrogen-bond donors (Lipinski definition) is 1. The molecule has 0 bridgehead atoms. The van der Waals surface area contributed by atoms with Crippen LogP contribution in [0.25, 0.3) is 0 Å². The Balaban J connectivity index is 1.79. The van der Waals surface area contributed by atoms with Gasteiger partial charge in [0.15, 0.2) is 0 Å². The van der Waals surface area contributed by atoms with E-state index in [2.05, 4.69) is 39.5 Å². The first kappa shape index (κ1) is 20.2. The van der Waals surface area contributed by atoms with E-state index in [9.17, 15) is 9.59 Å². The summed E-state index contributed by atoms with van der Waals surface area (Å²) in [6.07, 6.45) is 12.0. The number of esters is 1. The zero-order valence-corrected chi connectivity index (χ0v) is 17.1. The van der Waals surface area contributed by atoms with Crippen LogP contribution in [0.1, 0.15) is 72.1 Å². The molecular formula is C23H34O4. The Morgan fingerprint density at radius 2 is 2.04 bits per heavy atom. The number of rotatable bonds is 5. The standard InChI is InChI=1S/C23H34O4/c1-5-21(2)12-9-17-16(14-21)7-8-18-22(3,10-6-11-23(17,18)4)15-27-20(26)13-19(24)25/h5,7,17-18H,1,6,8-15H2,2-4H3,(H,24,25)/t17-,18-,21+,22-,23+/m0/s1. The Kier molecular flexibility index (Phi) is 5.31. The number of ether oxygens (including phenoxy) is 1. The molecule has 0 aromatic rings. The zero-order chi connectivity index (χ0) is 19.9. The first-order valence-corrected chi connectivity index (χ1v) is 10.3. The van der Waals surface area contributed by atoms with Gasteiger partial charge < -0.3 is 9.84 Å². The van der Waals surface area contributed by atoms with Crippen molar-refractivity contribution >= 4 is 11.9 Å². The Morgan fingerprint density at radius 1 is 1.30 bits per heavy atom. The summed E-state index contributed by atoms with van der Waals surface area (Å²) in [7, 11) is 0. The molecule has 0 unspecified atom stereocenters. The topological polar surface area (TPSA) is 63.6 Å². The molecule has 2 fully saturated rings. The molecule has 4 nitrogen and oxygen atoms in total. The van der Waals surface area contributed by atoms with E-state index in [0.717, 1.165) is 25.7 Å². The van der Waals surface area contributed by atoms with Crippen LogP contribution in [0.15, 0.2) is 24.3 Å². The first-order chi connectivity index (χ1) is 12.6. The third-order valence-corrected chi connectivity index (χ3v) is 7.92. The minimum Gasteiger partial charge on any atom is -0.481 e. The third-order valence-electron chi connectivity index (χ3n) is 7.92. The first-order valence-electron chi connectivity index (χ1n) is 10.3. The fourth-order valence-corrected chi connectivity index (χ4v) is 6.33. The second-order valence-corrected chi connectivity index (χ2v) is 9.94. The molecule has 0 aliphatic heterocycles. The summed E-state index contributed by atoms with van der Waals surface area (Å²) in [5.41, 5.74) is 1.98. The van der Waals surface area contributed by atoms with Crippen LogP contribution < -0.4 is 0 Å². The highest BCUT2D eigenvalue weighted by atomic mass is 16.5. The van der Waals surface area contributed by atoms with E-state index < -0.39 is 18.4 Å². The zero-order valence-electron chi connectivity index (χ0n) is 17.1. The van der Waals surface area contributed by atoms with Crippen LogP contribution in [0.5, 0.6) is 0 Å². The Morgan fingerprint density at radius 3 is 2.70 bits per heavy atom. The van der Waals surface area contributed by atoms with Crippen molar-refractivity contribution in [2.24, 2.45) is 28.1 Å². The van der Waals surface area contributed by atoms with Crippen molar-refractivity contribution in [2.45, 2.75) is 72.1 Å². The van der Waals surface area contributed by atoms with Crippen molar-refractivity contribution in [1.29, 1.82) is 0 Å². The molecule has 0 saturated heterocycles. The molecule has 0 amide bonds. The SMILES string of the molecule is C=C[C@]1(C)CC[C@H]2C(=CC[C@H]3[C@](C)(COC(=O)CC(=O)O)CCC[C@]23C)C1. The predicted molar refractivity (Wildman–Crippen MR) is 105 cm³/mol. The van der Waals surface area contributed by atoms with Gasteiger partial charge in [0.2, 0.25) is 0 Å². The Labute approximate surface area is 163 Å². The van der Waals surface area contributed by atoms with Gasteiger partial charge in [0.25, 0.3) is 0 Å². The van der Waals surface area contributed by atoms with E-state index in [-0.39, 0.29) is 16.2 Å². The number of carboxylic acid groups (broad SMARTS) is 1. The molecule has 3 rings (SSSR count). The number of carboxylic acids is 1. The molecule has 0 aromatic carbocycles. The molecule has 150 valence electrons. The monoisotopic (exact) mass is 374 g/mol. The number of fused-ring (bicyclic) bond motifs is 3. The molecular weight excluding hydrogens is 340 g/mol. The highest BCUT2D eigenvalue weighted by Gasteiger charge is 2.55. The van der Waals surface area contributed by atoms with Gasteiger partial charge in [-0.05, 0) is 61.2 Å². The summed E-state index contributed by atoms with van der Waals surface area (Å²) in [6, 6.07) is 0. The van der Waals surface area contributed by atoms with Gasteiger partial charge in [-0.3, -0.25) is 9.59 Å². The van der Waals surface area contributed by atoms with Gasteiger partial charge in [-0.2, -0.15) is 0 Å². The van der Waals surface area contributed by atoms with Crippen LogP contribution in [0.2, 0.25) is 0 Å². The molecule has 0 radical (unpaired) electrons. The fraction of sp³-hybridized carbons (Fsp3) is 0.739. The van der Waals surface area contributed by atoms with E-state index in [1.54, 1.807) is 5.57 Å². The second-order valence-electron chi connectivity index (χ2n) is 9.94. The fourth-order valence-electron chi connectivity index (χ4n) is 6.33. The van der Waals surface area contributed by atoms with Crippen LogP contribution in [0.3, 0.4) is 0 Å². The van der Waals surface area contributed by atoms with E-state index >= 15 is 0 Å². The van der Waals surface area contributed by atoms with E-state index in [1.165, 1.54) is 19.3 Å². The van der Waals surface area contributed by atoms with Crippen molar-refractivity contribution in [3.05, 3.63) is 24.3 Å².